The van der Waals surface area contributed by atoms with Gasteiger partial charge in [0.1, 0.15) is 10.7 Å². The molecular formula is C10H8F4O4S. The quantitative estimate of drug-likeness (QED) is 0.866. The van der Waals surface area contributed by atoms with Crippen molar-refractivity contribution in [3.63, 3.8) is 0 Å². The van der Waals surface area contributed by atoms with Crippen molar-refractivity contribution < 1.29 is 35.9 Å². The van der Waals surface area contributed by atoms with Crippen molar-refractivity contribution in [2.45, 2.75) is 17.5 Å². The number of carboxylic acids is 1. The zero-order chi connectivity index (χ0) is 14.8. The van der Waals surface area contributed by atoms with Gasteiger partial charge in [0, 0.05) is 0 Å². The van der Waals surface area contributed by atoms with Gasteiger partial charge in [-0.15, -0.1) is 0 Å². The van der Waals surface area contributed by atoms with Crippen LogP contribution in [-0.4, -0.2) is 31.4 Å². The lowest BCUT2D eigenvalue weighted by atomic mass is 10.2. The van der Waals surface area contributed by atoms with E-state index in [0.717, 1.165) is 6.07 Å². The van der Waals surface area contributed by atoms with Gasteiger partial charge in [0.25, 0.3) is 0 Å². The largest absolute Gasteiger partial charge is 0.478 e. The maximum atomic E-state index is 13.4. The molecule has 106 valence electrons. The highest BCUT2D eigenvalue weighted by molar-refractivity contribution is 7.91. The minimum absolute atomic E-state index is 0.447. The molecule has 4 nitrogen and oxygen atoms in total. The molecule has 0 heterocycles. The van der Waals surface area contributed by atoms with E-state index >= 15 is 0 Å². The van der Waals surface area contributed by atoms with E-state index in [4.69, 9.17) is 5.11 Å². The van der Waals surface area contributed by atoms with Gasteiger partial charge in [0.2, 0.25) is 0 Å². The van der Waals surface area contributed by atoms with Gasteiger partial charge in [-0.1, -0.05) is 0 Å². The maximum absolute atomic E-state index is 13.4. The number of hydrogen-bond donors (Lipinski definition) is 1. The van der Waals surface area contributed by atoms with Crippen molar-refractivity contribution >= 4 is 15.8 Å². The average molecular weight is 300 g/mol. The third kappa shape index (κ3) is 4.19. The standard InChI is InChI=1S/C10H8F4O4S/c11-7-5-6(9(15)16)1-2-8(7)19(17,18)4-3-10(12,13)14/h1-2,5H,3-4H2,(H,15,16). The molecule has 0 aliphatic heterocycles. The molecule has 0 amide bonds. The monoisotopic (exact) mass is 300 g/mol. The topological polar surface area (TPSA) is 71.4 Å². The number of rotatable bonds is 4. The van der Waals surface area contributed by atoms with Crippen molar-refractivity contribution in [2.24, 2.45) is 0 Å². The molecule has 0 aliphatic rings. The van der Waals surface area contributed by atoms with E-state index in [9.17, 15) is 30.8 Å². The Hall–Kier alpha value is -1.64. The number of benzene rings is 1. The normalized spacial score (nSPS) is 12.4. The molecule has 0 unspecified atom stereocenters. The third-order valence-corrected chi connectivity index (χ3v) is 3.91. The Labute approximate surface area is 105 Å². The zero-order valence-corrected chi connectivity index (χ0v) is 10.1. The summed E-state index contributed by atoms with van der Waals surface area (Å²) in [6.07, 6.45) is -6.28. The molecule has 1 aromatic rings. The van der Waals surface area contributed by atoms with Crippen LogP contribution in [-0.2, 0) is 9.84 Å². The first kappa shape index (κ1) is 15.4. The molecule has 0 atom stereocenters. The first-order valence-corrected chi connectivity index (χ1v) is 6.50. The molecule has 0 fully saturated rings. The van der Waals surface area contributed by atoms with E-state index in [1.165, 1.54) is 0 Å². The SMILES string of the molecule is O=C(O)c1ccc(S(=O)(=O)CCC(F)(F)F)c(F)c1. The second-order valence-corrected chi connectivity index (χ2v) is 5.71. The van der Waals surface area contributed by atoms with E-state index in [-0.39, 0.29) is 0 Å². The first-order valence-electron chi connectivity index (χ1n) is 4.85. The first-order chi connectivity index (χ1) is 8.53. The molecule has 0 radical (unpaired) electrons. The molecule has 1 N–H and O–H groups in total. The van der Waals surface area contributed by atoms with Crippen LogP contribution in [0.15, 0.2) is 23.1 Å². The van der Waals surface area contributed by atoms with Gasteiger partial charge in [0.15, 0.2) is 9.84 Å². The van der Waals surface area contributed by atoms with Gasteiger partial charge in [-0.3, -0.25) is 0 Å². The summed E-state index contributed by atoms with van der Waals surface area (Å²) in [4.78, 5) is 9.56. The summed E-state index contributed by atoms with van der Waals surface area (Å²) in [6, 6.07) is 1.90. The smallest absolute Gasteiger partial charge is 0.390 e. The molecule has 9 heteroatoms. The van der Waals surface area contributed by atoms with Crippen molar-refractivity contribution in [1.29, 1.82) is 0 Å². The Balaban J connectivity index is 3.06. The van der Waals surface area contributed by atoms with Gasteiger partial charge in [-0.05, 0) is 18.2 Å². The Morgan fingerprint density at radius 1 is 1.26 bits per heavy atom. The number of carbonyl (C=O) groups is 1. The highest BCUT2D eigenvalue weighted by Gasteiger charge is 2.31. The summed E-state index contributed by atoms with van der Waals surface area (Å²) < 4.78 is 72.2. The number of hydrogen-bond acceptors (Lipinski definition) is 3. The van der Waals surface area contributed by atoms with Crippen molar-refractivity contribution in [2.75, 3.05) is 5.75 Å². The molecule has 0 aromatic heterocycles. The third-order valence-electron chi connectivity index (χ3n) is 2.17. The summed E-state index contributed by atoms with van der Waals surface area (Å²) in [6.45, 7) is 0. The summed E-state index contributed by atoms with van der Waals surface area (Å²) in [5, 5.41) is 8.55. The minimum Gasteiger partial charge on any atom is -0.478 e. The van der Waals surface area contributed by atoms with Crippen LogP contribution in [0.1, 0.15) is 16.8 Å². The number of aromatic carboxylic acids is 1. The van der Waals surface area contributed by atoms with E-state index in [1.807, 2.05) is 0 Å². The molecule has 0 saturated carbocycles. The maximum Gasteiger partial charge on any atom is 0.390 e. The second kappa shape index (κ2) is 5.16. The predicted octanol–water partition coefficient (Wildman–Crippen LogP) is 2.25. The zero-order valence-electron chi connectivity index (χ0n) is 9.24. The van der Waals surface area contributed by atoms with E-state index in [0.29, 0.717) is 12.1 Å². The molecule has 0 saturated heterocycles. The fourth-order valence-electron chi connectivity index (χ4n) is 1.25. The van der Waals surface area contributed by atoms with Crippen molar-refractivity contribution in [3.8, 4) is 0 Å². The fourth-order valence-corrected chi connectivity index (χ4v) is 2.60. The molecule has 0 aliphatic carbocycles. The van der Waals surface area contributed by atoms with E-state index in [2.05, 4.69) is 0 Å². The minimum atomic E-state index is -4.68. The molecule has 0 bridgehead atoms. The van der Waals surface area contributed by atoms with Crippen LogP contribution in [0.5, 0.6) is 0 Å². The summed E-state index contributed by atoms with van der Waals surface area (Å²) in [7, 11) is -4.45. The summed E-state index contributed by atoms with van der Waals surface area (Å²) >= 11 is 0. The summed E-state index contributed by atoms with van der Waals surface area (Å²) in [5.74, 6) is -4.15. The van der Waals surface area contributed by atoms with Crippen molar-refractivity contribution in [3.05, 3.63) is 29.6 Å². The van der Waals surface area contributed by atoms with Gasteiger partial charge in [0.05, 0.1) is 17.7 Å². The molecular weight excluding hydrogens is 292 g/mol. The Bertz CT molecular complexity index is 592. The van der Waals surface area contributed by atoms with Crippen LogP contribution >= 0.6 is 0 Å². The fraction of sp³-hybridized carbons (Fsp3) is 0.300. The van der Waals surface area contributed by atoms with Crippen molar-refractivity contribution in [1.82, 2.24) is 0 Å². The second-order valence-electron chi connectivity index (χ2n) is 3.63. The number of alkyl halides is 3. The highest BCUT2D eigenvalue weighted by Crippen LogP contribution is 2.24. The summed E-state index contributed by atoms with van der Waals surface area (Å²) in [5.41, 5.74) is -0.493. The van der Waals surface area contributed by atoms with Gasteiger partial charge < -0.3 is 5.11 Å². The number of sulfone groups is 1. The Morgan fingerprint density at radius 2 is 1.84 bits per heavy atom. The Morgan fingerprint density at radius 3 is 2.26 bits per heavy atom. The van der Waals surface area contributed by atoms with Crippen LogP contribution in [0.25, 0.3) is 0 Å². The molecule has 1 aromatic carbocycles. The van der Waals surface area contributed by atoms with Gasteiger partial charge in [-0.25, -0.2) is 17.6 Å². The molecule has 1 rings (SSSR count). The van der Waals surface area contributed by atoms with Crippen LogP contribution in [0, 0.1) is 5.82 Å². The number of carboxylic acid groups (broad SMARTS) is 1. The molecule has 19 heavy (non-hydrogen) atoms. The predicted molar refractivity (Wildman–Crippen MR) is 56.1 cm³/mol. The van der Waals surface area contributed by atoms with Crippen LogP contribution in [0.4, 0.5) is 17.6 Å². The van der Waals surface area contributed by atoms with E-state index < -0.39 is 50.4 Å². The highest BCUT2D eigenvalue weighted by atomic mass is 32.2. The van der Waals surface area contributed by atoms with Gasteiger partial charge in [-0.2, -0.15) is 13.2 Å². The Kier molecular flexibility index (Phi) is 4.18. The molecule has 0 spiro atoms. The lowest BCUT2D eigenvalue weighted by molar-refractivity contribution is -0.129. The van der Waals surface area contributed by atoms with Gasteiger partial charge >= 0.3 is 12.1 Å². The van der Waals surface area contributed by atoms with Crippen LogP contribution in [0.3, 0.4) is 0 Å². The van der Waals surface area contributed by atoms with Crippen LogP contribution in [0.2, 0.25) is 0 Å². The van der Waals surface area contributed by atoms with E-state index in [1.54, 1.807) is 0 Å². The number of halogens is 4. The average Bonchev–Trinajstić information content (AvgIpc) is 2.25. The lowest BCUT2D eigenvalue weighted by Crippen LogP contribution is -2.17. The van der Waals surface area contributed by atoms with Crippen LogP contribution < -0.4 is 0 Å². The lowest BCUT2D eigenvalue weighted by Gasteiger charge is -2.08.